The third-order valence-corrected chi connectivity index (χ3v) is 5.28. The monoisotopic (exact) mass is 329 g/mol. The van der Waals surface area contributed by atoms with Gasteiger partial charge in [0.05, 0.1) is 4.47 Å². The van der Waals surface area contributed by atoms with Gasteiger partial charge in [-0.1, -0.05) is 6.42 Å². The number of anilines is 1. The van der Waals surface area contributed by atoms with Crippen LogP contribution in [0.5, 0.6) is 0 Å². The highest BCUT2D eigenvalue weighted by molar-refractivity contribution is 9.10. The molecule has 0 saturated heterocycles. The molecule has 0 aliphatic heterocycles. The summed E-state index contributed by atoms with van der Waals surface area (Å²) in [7, 11) is 0. The summed E-state index contributed by atoms with van der Waals surface area (Å²) in [5.41, 5.74) is 0. The van der Waals surface area contributed by atoms with Crippen molar-refractivity contribution < 1.29 is 0 Å². The number of nitrogens with zero attached hydrogens (tertiary/aromatic N) is 2. The van der Waals surface area contributed by atoms with E-state index in [1.807, 2.05) is 0 Å². The summed E-state index contributed by atoms with van der Waals surface area (Å²) in [5, 5.41) is 3.79. The molecular formula is C13H17BrClN3. The van der Waals surface area contributed by atoms with Crippen LogP contribution in [0.1, 0.15) is 32.6 Å². The Morgan fingerprint density at radius 2 is 2.28 bits per heavy atom. The first kappa shape index (κ1) is 12.7. The zero-order valence-electron chi connectivity index (χ0n) is 10.4. The van der Waals surface area contributed by atoms with Gasteiger partial charge in [-0.25, -0.2) is 4.98 Å². The summed E-state index contributed by atoms with van der Waals surface area (Å²) in [6.45, 7) is 2.26. The van der Waals surface area contributed by atoms with Crippen LogP contribution in [0.25, 0.3) is 0 Å². The van der Waals surface area contributed by atoms with Crippen LogP contribution < -0.4 is 5.32 Å². The van der Waals surface area contributed by atoms with E-state index < -0.39 is 0 Å². The molecule has 1 aromatic rings. The Balaban J connectivity index is 1.70. The van der Waals surface area contributed by atoms with E-state index in [0.717, 1.165) is 28.0 Å². The van der Waals surface area contributed by atoms with Crippen LogP contribution in [0.3, 0.4) is 0 Å². The van der Waals surface area contributed by atoms with E-state index in [1.165, 1.54) is 25.7 Å². The van der Waals surface area contributed by atoms with Crippen molar-refractivity contribution in [1.29, 1.82) is 0 Å². The zero-order chi connectivity index (χ0) is 12.7. The van der Waals surface area contributed by atoms with Gasteiger partial charge < -0.3 is 5.32 Å². The summed E-state index contributed by atoms with van der Waals surface area (Å²) in [6.07, 6.45) is 7.35. The second-order valence-electron chi connectivity index (χ2n) is 5.61. The Kier molecular flexibility index (Phi) is 3.50. The van der Waals surface area contributed by atoms with Gasteiger partial charge in [0, 0.05) is 12.2 Å². The fourth-order valence-electron chi connectivity index (χ4n) is 3.68. The van der Waals surface area contributed by atoms with Crippen molar-refractivity contribution in [3.63, 3.8) is 0 Å². The molecule has 18 heavy (non-hydrogen) atoms. The van der Waals surface area contributed by atoms with Gasteiger partial charge in [-0.15, -0.1) is 0 Å². The predicted octanol–water partition coefficient (Wildman–Crippen LogP) is 4.13. The molecule has 5 heteroatoms. The van der Waals surface area contributed by atoms with Crippen LogP contribution in [0.2, 0.25) is 5.28 Å². The Bertz CT molecular complexity index is 454. The van der Waals surface area contributed by atoms with Crippen LogP contribution >= 0.6 is 27.5 Å². The standard InChI is InChI=1S/C13H17BrClN3/c1-7(10-5-8-2-3-9(10)4-8)17-12-11(14)6-16-13(15)18-12/h6-10H,2-5H2,1H3,(H,16,17,18). The summed E-state index contributed by atoms with van der Waals surface area (Å²) in [6, 6.07) is 0.447. The highest BCUT2D eigenvalue weighted by atomic mass is 79.9. The lowest BCUT2D eigenvalue weighted by molar-refractivity contribution is 0.304. The summed E-state index contributed by atoms with van der Waals surface area (Å²) >= 11 is 9.30. The van der Waals surface area contributed by atoms with E-state index in [1.54, 1.807) is 6.20 Å². The minimum atomic E-state index is 0.292. The van der Waals surface area contributed by atoms with E-state index in [4.69, 9.17) is 11.6 Å². The minimum Gasteiger partial charge on any atom is -0.366 e. The molecule has 0 amide bonds. The molecule has 2 bridgehead atoms. The van der Waals surface area contributed by atoms with Crippen molar-refractivity contribution in [2.24, 2.45) is 17.8 Å². The Labute approximate surface area is 121 Å². The number of hydrogen-bond acceptors (Lipinski definition) is 3. The van der Waals surface area contributed by atoms with Gasteiger partial charge >= 0.3 is 0 Å². The van der Waals surface area contributed by atoms with Crippen LogP contribution in [0, 0.1) is 17.8 Å². The molecule has 1 heterocycles. The van der Waals surface area contributed by atoms with Crippen molar-refractivity contribution in [1.82, 2.24) is 9.97 Å². The van der Waals surface area contributed by atoms with E-state index in [2.05, 4.69) is 38.1 Å². The van der Waals surface area contributed by atoms with Gasteiger partial charge in [-0.2, -0.15) is 4.98 Å². The van der Waals surface area contributed by atoms with Gasteiger partial charge in [0.2, 0.25) is 5.28 Å². The van der Waals surface area contributed by atoms with Crippen molar-refractivity contribution >= 4 is 33.3 Å². The smallest absolute Gasteiger partial charge is 0.224 e. The van der Waals surface area contributed by atoms with Crippen LogP contribution in [0.4, 0.5) is 5.82 Å². The second kappa shape index (κ2) is 4.97. The predicted molar refractivity (Wildman–Crippen MR) is 76.8 cm³/mol. The van der Waals surface area contributed by atoms with Gasteiger partial charge in [-0.3, -0.25) is 0 Å². The number of halogens is 2. The summed E-state index contributed by atoms with van der Waals surface area (Å²) in [4.78, 5) is 8.19. The molecule has 2 aliphatic rings. The quantitative estimate of drug-likeness (QED) is 0.847. The maximum atomic E-state index is 5.84. The molecule has 4 atom stereocenters. The topological polar surface area (TPSA) is 37.8 Å². The average molecular weight is 331 g/mol. The highest BCUT2D eigenvalue weighted by Gasteiger charge is 2.41. The SMILES string of the molecule is CC(Nc1nc(Cl)ncc1Br)C1CC2CCC1C2. The molecule has 0 spiro atoms. The van der Waals surface area contributed by atoms with Gasteiger partial charge in [0.15, 0.2) is 0 Å². The molecular weight excluding hydrogens is 314 g/mol. The van der Waals surface area contributed by atoms with E-state index in [0.29, 0.717) is 11.3 Å². The zero-order valence-corrected chi connectivity index (χ0v) is 12.7. The molecule has 0 aromatic carbocycles. The molecule has 3 rings (SSSR count). The van der Waals surface area contributed by atoms with Crippen molar-refractivity contribution in [3.05, 3.63) is 16.0 Å². The Morgan fingerprint density at radius 1 is 1.44 bits per heavy atom. The van der Waals surface area contributed by atoms with Crippen LogP contribution in [-0.4, -0.2) is 16.0 Å². The van der Waals surface area contributed by atoms with Crippen molar-refractivity contribution in [3.8, 4) is 0 Å². The Hall–Kier alpha value is -0.350. The lowest BCUT2D eigenvalue weighted by atomic mass is 9.84. The third kappa shape index (κ3) is 2.37. The number of fused-ring (bicyclic) bond motifs is 2. The first-order chi connectivity index (χ1) is 8.63. The average Bonchev–Trinajstić information content (AvgIpc) is 2.96. The number of rotatable bonds is 3. The number of nitrogens with one attached hydrogen (secondary N) is 1. The first-order valence-electron chi connectivity index (χ1n) is 6.58. The number of aromatic nitrogens is 2. The molecule has 3 nitrogen and oxygen atoms in total. The minimum absolute atomic E-state index is 0.292. The van der Waals surface area contributed by atoms with Crippen molar-refractivity contribution in [2.45, 2.75) is 38.6 Å². The number of hydrogen-bond donors (Lipinski definition) is 1. The van der Waals surface area contributed by atoms with Gasteiger partial charge in [0.1, 0.15) is 5.82 Å². The van der Waals surface area contributed by atoms with Gasteiger partial charge in [-0.05, 0) is 71.5 Å². The molecule has 2 aliphatic carbocycles. The normalized spacial score (nSPS) is 31.6. The Morgan fingerprint density at radius 3 is 2.94 bits per heavy atom. The molecule has 1 N–H and O–H groups in total. The van der Waals surface area contributed by atoms with Crippen LogP contribution in [-0.2, 0) is 0 Å². The van der Waals surface area contributed by atoms with Crippen LogP contribution in [0.15, 0.2) is 10.7 Å². The van der Waals surface area contributed by atoms with E-state index >= 15 is 0 Å². The second-order valence-corrected chi connectivity index (χ2v) is 6.80. The summed E-state index contributed by atoms with van der Waals surface area (Å²) < 4.78 is 0.877. The molecule has 2 fully saturated rings. The van der Waals surface area contributed by atoms with Crippen molar-refractivity contribution in [2.75, 3.05) is 5.32 Å². The first-order valence-corrected chi connectivity index (χ1v) is 7.75. The van der Waals surface area contributed by atoms with Gasteiger partial charge in [0.25, 0.3) is 0 Å². The fourth-order valence-corrected chi connectivity index (χ4v) is 4.11. The molecule has 4 unspecified atom stereocenters. The maximum Gasteiger partial charge on any atom is 0.224 e. The van der Waals surface area contributed by atoms with E-state index in [9.17, 15) is 0 Å². The lowest BCUT2D eigenvalue weighted by Crippen LogP contribution is -2.30. The summed E-state index contributed by atoms with van der Waals surface area (Å²) in [5.74, 6) is 3.48. The molecule has 2 saturated carbocycles. The lowest BCUT2D eigenvalue weighted by Gasteiger charge is -2.29. The largest absolute Gasteiger partial charge is 0.366 e. The molecule has 0 radical (unpaired) electrons. The molecule has 98 valence electrons. The highest BCUT2D eigenvalue weighted by Crippen LogP contribution is 2.49. The maximum absolute atomic E-state index is 5.84. The van der Waals surface area contributed by atoms with E-state index in [-0.39, 0.29) is 0 Å². The third-order valence-electron chi connectivity index (χ3n) is 4.51. The fraction of sp³-hybridized carbons (Fsp3) is 0.692. The molecule has 1 aromatic heterocycles.